The molecule has 22 heavy (non-hydrogen) atoms. The molecular weight excluding hydrogens is 321 g/mol. The van der Waals surface area contributed by atoms with Crippen LogP contribution in [0.3, 0.4) is 0 Å². The van der Waals surface area contributed by atoms with Gasteiger partial charge < -0.3 is 4.90 Å². The molecule has 6 heteroatoms. The fourth-order valence-electron chi connectivity index (χ4n) is 2.83. The van der Waals surface area contributed by atoms with Crippen LogP contribution in [-0.2, 0) is 11.3 Å². The smallest absolute Gasteiger partial charge is 0.254 e. The molecule has 1 unspecified atom stereocenters. The lowest BCUT2D eigenvalue weighted by Gasteiger charge is -2.28. The molecule has 4 rings (SSSR count). The SMILES string of the molecule is Cl.O=C1NC2=Nc3cccc(Cl)c3CN2C1c1ccccc1. The Bertz CT molecular complexity index is 761. The number of fused-ring (bicyclic) bond motifs is 2. The second-order valence-electron chi connectivity index (χ2n) is 5.10. The molecule has 0 spiro atoms. The van der Waals surface area contributed by atoms with Crippen molar-refractivity contribution in [1.82, 2.24) is 10.2 Å². The number of guanidine groups is 1. The first-order valence-corrected chi connectivity index (χ1v) is 7.10. The van der Waals surface area contributed by atoms with Gasteiger partial charge in [-0.05, 0) is 17.7 Å². The van der Waals surface area contributed by atoms with E-state index < -0.39 is 0 Å². The van der Waals surface area contributed by atoms with Crippen molar-refractivity contribution in [2.45, 2.75) is 12.6 Å². The summed E-state index contributed by atoms with van der Waals surface area (Å²) in [5.41, 5.74) is 2.74. The Labute approximate surface area is 139 Å². The number of nitrogens with one attached hydrogen (secondary N) is 1. The number of rotatable bonds is 1. The Hall–Kier alpha value is -2.04. The van der Waals surface area contributed by atoms with Crippen LogP contribution < -0.4 is 5.32 Å². The zero-order chi connectivity index (χ0) is 14.4. The number of hydrogen-bond donors (Lipinski definition) is 1. The zero-order valence-electron chi connectivity index (χ0n) is 11.5. The van der Waals surface area contributed by atoms with E-state index in [2.05, 4.69) is 10.3 Å². The highest BCUT2D eigenvalue weighted by molar-refractivity contribution is 6.31. The number of aliphatic imine (C=N–C) groups is 1. The summed E-state index contributed by atoms with van der Waals surface area (Å²) in [4.78, 5) is 18.8. The average Bonchev–Trinajstić information content (AvgIpc) is 2.81. The number of carbonyl (C=O) groups is 1. The second-order valence-corrected chi connectivity index (χ2v) is 5.51. The fraction of sp³-hybridized carbons (Fsp3) is 0.125. The van der Waals surface area contributed by atoms with Crippen LogP contribution in [0.25, 0.3) is 0 Å². The fourth-order valence-corrected chi connectivity index (χ4v) is 3.06. The van der Waals surface area contributed by atoms with Crippen molar-refractivity contribution < 1.29 is 4.79 Å². The van der Waals surface area contributed by atoms with Crippen molar-refractivity contribution in [3.63, 3.8) is 0 Å². The molecule has 1 atom stereocenters. The topological polar surface area (TPSA) is 44.7 Å². The number of carbonyl (C=O) groups excluding carboxylic acids is 1. The highest BCUT2D eigenvalue weighted by Gasteiger charge is 2.40. The maximum absolute atomic E-state index is 12.3. The molecule has 0 aliphatic carbocycles. The van der Waals surface area contributed by atoms with E-state index in [0.717, 1.165) is 16.8 Å². The molecule has 1 saturated heterocycles. The standard InChI is InChI=1S/C16H12ClN3O.ClH/c17-12-7-4-8-13-11(12)9-20-14(10-5-2-1-3-6-10)15(21)19-16(20)18-13;/h1-8,14H,9H2,(H,18,19,21);1H. The second kappa shape index (κ2) is 5.63. The molecule has 1 N–H and O–H groups in total. The number of nitrogens with zero attached hydrogens (tertiary/aromatic N) is 2. The Morgan fingerprint density at radius 1 is 1.14 bits per heavy atom. The summed E-state index contributed by atoms with van der Waals surface area (Å²) in [6, 6.07) is 15.0. The van der Waals surface area contributed by atoms with E-state index >= 15 is 0 Å². The highest BCUT2D eigenvalue weighted by atomic mass is 35.5. The zero-order valence-corrected chi connectivity index (χ0v) is 13.1. The molecule has 112 valence electrons. The molecule has 0 aromatic heterocycles. The van der Waals surface area contributed by atoms with Crippen LogP contribution in [0, 0.1) is 0 Å². The molecule has 2 heterocycles. The third-order valence-corrected chi connectivity index (χ3v) is 4.19. The molecular formula is C16H13Cl2N3O. The van der Waals surface area contributed by atoms with E-state index in [-0.39, 0.29) is 24.4 Å². The molecule has 2 aliphatic rings. The number of hydrogen-bond acceptors (Lipinski definition) is 3. The van der Waals surface area contributed by atoms with Gasteiger partial charge in [-0.3, -0.25) is 10.1 Å². The average molecular weight is 334 g/mol. The lowest BCUT2D eigenvalue weighted by Crippen LogP contribution is -2.33. The van der Waals surface area contributed by atoms with E-state index in [9.17, 15) is 4.79 Å². The minimum Gasteiger partial charge on any atom is -0.322 e. The molecule has 0 saturated carbocycles. The summed E-state index contributed by atoms with van der Waals surface area (Å²) in [7, 11) is 0. The molecule has 0 radical (unpaired) electrons. The summed E-state index contributed by atoms with van der Waals surface area (Å²) in [6.07, 6.45) is 0. The largest absolute Gasteiger partial charge is 0.322 e. The van der Waals surface area contributed by atoms with Gasteiger partial charge in [0.2, 0.25) is 5.96 Å². The molecule has 4 nitrogen and oxygen atoms in total. The highest BCUT2D eigenvalue weighted by Crippen LogP contribution is 2.37. The van der Waals surface area contributed by atoms with Crippen molar-refractivity contribution in [1.29, 1.82) is 0 Å². The third kappa shape index (κ3) is 2.25. The summed E-state index contributed by atoms with van der Waals surface area (Å²) in [5, 5.41) is 3.54. The Balaban J connectivity index is 0.00000144. The maximum Gasteiger partial charge on any atom is 0.254 e. The first-order chi connectivity index (χ1) is 10.2. The van der Waals surface area contributed by atoms with Gasteiger partial charge in [-0.25, -0.2) is 4.99 Å². The van der Waals surface area contributed by atoms with E-state index in [4.69, 9.17) is 11.6 Å². The van der Waals surface area contributed by atoms with Crippen LogP contribution in [0.5, 0.6) is 0 Å². The van der Waals surface area contributed by atoms with Crippen LogP contribution in [-0.4, -0.2) is 16.8 Å². The van der Waals surface area contributed by atoms with Crippen molar-refractivity contribution >= 4 is 41.6 Å². The Morgan fingerprint density at radius 2 is 1.91 bits per heavy atom. The van der Waals surface area contributed by atoms with Crippen molar-refractivity contribution in [2.24, 2.45) is 4.99 Å². The lowest BCUT2D eigenvalue weighted by atomic mass is 10.0. The van der Waals surface area contributed by atoms with Crippen LogP contribution in [0.4, 0.5) is 5.69 Å². The van der Waals surface area contributed by atoms with Crippen LogP contribution >= 0.6 is 24.0 Å². The number of halogens is 2. The van der Waals surface area contributed by atoms with Crippen molar-refractivity contribution in [3.8, 4) is 0 Å². The minimum absolute atomic E-state index is 0. The van der Waals surface area contributed by atoms with Crippen LogP contribution in [0.2, 0.25) is 5.02 Å². The predicted octanol–water partition coefficient (Wildman–Crippen LogP) is 3.44. The normalized spacial score (nSPS) is 18.8. The van der Waals surface area contributed by atoms with E-state index in [1.807, 2.05) is 53.4 Å². The molecule has 2 aromatic rings. The summed E-state index contributed by atoms with van der Waals surface area (Å²) in [5.74, 6) is 0.549. The molecule has 2 aliphatic heterocycles. The van der Waals surface area contributed by atoms with Gasteiger partial charge >= 0.3 is 0 Å². The number of benzene rings is 2. The molecule has 1 amide bonds. The first-order valence-electron chi connectivity index (χ1n) is 6.72. The van der Waals surface area contributed by atoms with Gasteiger partial charge in [0.1, 0.15) is 6.04 Å². The monoisotopic (exact) mass is 333 g/mol. The van der Waals surface area contributed by atoms with Gasteiger partial charge in [-0.2, -0.15) is 0 Å². The predicted molar refractivity (Wildman–Crippen MR) is 88.7 cm³/mol. The van der Waals surface area contributed by atoms with Crippen LogP contribution in [0.15, 0.2) is 53.5 Å². The lowest BCUT2D eigenvalue weighted by molar-refractivity contribution is -0.121. The van der Waals surface area contributed by atoms with Gasteiger partial charge in [-0.1, -0.05) is 48.0 Å². The molecule has 0 bridgehead atoms. The van der Waals surface area contributed by atoms with E-state index in [0.29, 0.717) is 17.5 Å². The Kier molecular flexibility index (Phi) is 3.81. The molecule has 2 aromatic carbocycles. The molecule has 1 fully saturated rings. The minimum atomic E-state index is -0.352. The van der Waals surface area contributed by atoms with Gasteiger partial charge in [0.25, 0.3) is 5.91 Å². The van der Waals surface area contributed by atoms with Gasteiger partial charge in [0.05, 0.1) is 12.2 Å². The summed E-state index contributed by atoms with van der Waals surface area (Å²) in [6.45, 7) is 0.576. The van der Waals surface area contributed by atoms with Crippen molar-refractivity contribution in [3.05, 3.63) is 64.7 Å². The summed E-state index contributed by atoms with van der Waals surface area (Å²) >= 11 is 6.26. The summed E-state index contributed by atoms with van der Waals surface area (Å²) < 4.78 is 0. The van der Waals surface area contributed by atoms with E-state index in [1.165, 1.54) is 0 Å². The van der Waals surface area contributed by atoms with Gasteiger partial charge in [0, 0.05) is 10.6 Å². The van der Waals surface area contributed by atoms with Crippen LogP contribution in [0.1, 0.15) is 17.2 Å². The quantitative estimate of drug-likeness (QED) is 0.868. The van der Waals surface area contributed by atoms with Gasteiger partial charge in [-0.15, -0.1) is 12.4 Å². The maximum atomic E-state index is 12.3. The third-order valence-electron chi connectivity index (χ3n) is 3.83. The Morgan fingerprint density at radius 3 is 2.68 bits per heavy atom. The number of amides is 1. The van der Waals surface area contributed by atoms with Gasteiger partial charge in [0.15, 0.2) is 0 Å². The first kappa shape index (κ1) is 14.9. The van der Waals surface area contributed by atoms with E-state index in [1.54, 1.807) is 0 Å². The van der Waals surface area contributed by atoms with Crippen molar-refractivity contribution in [2.75, 3.05) is 0 Å².